The molecule has 10 heteroatoms. The molecule has 0 atom stereocenters. The van der Waals surface area contributed by atoms with Gasteiger partial charge in [0.25, 0.3) is 0 Å². The van der Waals surface area contributed by atoms with Crippen LogP contribution in [-0.4, -0.2) is 33.5 Å². The molecule has 1 N–H and O–H groups in total. The van der Waals surface area contributed by atoms with E-state index in [4.69, 9.17) is 4.74 Å². The van der Waals surface area contributed by atoms with Gasteiger partial charge in [0.05, 0.1) is 24.2 Å². The van der Waals surface area contributed by atoms with Crippen LogP contribution in [0.2, 0.25) is 0 Å². The van der Waals surface area contributed by atoms with E-state index in [1.165, 1.54) is 6.33 Å². The lowest BCUT2D eigenvalue weighted by Crippen LogP contribution is -2.16. The van der Waals surface area contributed by atoms with Gasteiger partial charge < -0.3 is 10.1 Å². The smallest absolute Gasteiger partial charge is 0.234 e. The third-order valence-electron chi connectivity index (χ3n) is 3.46. The fourth-order valence-electron chi connectivity index (χ4n) is 2.28. The van der Waals surface area contributed by atoms with Crippen molar-refractivity contribution in [3.05, 3.63) is 58.8 Å². The Bertz CT molecular complexity index is 960. The predicted octanol–water partition coefficient (Wildman–Crippen LogP) is 4.05. The van der Waals surface area contributed by atoms with E-state index in [2.05, 4.69) is 31.4 Å². The largest absolute Gasteiger partial charge is 0.495 e. The summed E-state index contributed by atoms with van der Waals surface area (Å²) < 4.78 is 34.1. The second-order valence-corrected chi connectivity index (χ2v) is 7.03. The van der Waals surface area contributed by atoms with E-state index in [-0.39, 0.29) is 15.9 Å². The fraction of sp³-hybridized carbons (Fsp3) is 0.118. The number of hydrogen-bond acceptors (Lipinski definition) is 5. The predicted molar refractivity (Wildman–Crippen MR) is 101 cm³/mol. The molecule has 6 nitrogen and oxygen atoms in total. The zero-order chi connectivity index (χ0) is 19.4. The number of ether oxygens (including phenoxy) is 1. The summed E-state index contributed by atoms with van der Waals surface area (Å²) in [6.45, 7) is 0. The summed E-state index contributed by atoms with van der Waals surface area (Å²) in [7, 11) is 1.55. The van der Waals surface area contributed by atoms with Crippen LogP contribution in [0.3, 0.4) is 0 Å². The van der Waals surface area contributed by atoms with Gasteiger partial charge in [-0.25, -0.2) is 8.78 Å². The van der Waals surface area contributed by atoms with Crippen LogP contribution in [0.1, 0.15) is 0 Å². The summed E-state index contributed by atoms with van der Waals surface area (Å²) in [5.41, 5.74) is 0.605. The molecule has 140 valence electrons. The molecule has 3 aromatic rings. The highest BCUT2D eigenvalue weighted by atomic mass is 79.9. The molecule has 0 aliphatic rings. The topological polar surface area (TPSA) is 69.0 Å². The van der Waals surface area contributed by atoms with Gasteiger partial charge in [0.1, 0.15) is 17.9 Å². The third kappa shape index (κ3) is 4.45. The van der Waals surface area contributed by atoms with Crippen LogP contribution in [0.5, 0.6) is 5.75 Å². The molecule has 0 aliphatic heterocycles. The molecule has 0 radical (unpaired) electrons. The maximum atomic E-state index is 13.8. The summed E-state index contributed by atoms with van der Waals surface area (Å²) in [4.78, 5) is 12.2. The van der Waals surface area contributed by atoms with Crippen LogP contribution in [0.4, 0.5) is 14.5 Å². The second-order valence-electron chi connectivity index (χ2n) is 5.24. The van der Waals surface area contributed by atoms with Crippen molar-refractivity contribution < 1.29 is 18.3 Å². The number of methoxy groups -OCH3 is 1. The number of halogens is 3. The standard InChI is InChI=1S/C17H13BrF2N4O2S/c1-26-14-5-3-2-4-13(14)24-9-21-23-17(24)27-8-15(25)22-16-11(18)6-10(19)7-12(16)20/h2-7,9H,8H2,1H3,(H,22,25). The first kappa shape index (κ1) is 19.3. The quantitative estimate of drug-likeness (QED) is 0.569. The van der Waals surface area contributed by atoms with Crippen molar-refractivity contribution in [3.8, 4) is 11.4 Å². The van der Waals surface area contributed by atoms with Crippen LogP contribution in [0, 0.1) is 11.6 Å². The van der Waals surface area contributed by atoms with Gasteiger partial charge in [-0.05, 0) is 34.1 Å². The molecule has 2 aromatic carbocycles. The number of thioether (sulfide) groups is 1. The second kappa shape index (κ2) is 8.49. The summed E-state index contributed by atoms with van der Waals surface area (Å²) in [5.74, 6) is -1.49. The van der Waals surface area contributed by atoms with Crippen LogP contribution in [0.25, 0.3) is 5.69 Å². The zero-order valence-electron chi connectivity index (χ0n) is 13.9. The lowest BCUT2D eigenvalue weighted by molar-refractivity contribution is -0.113. The molecule has 0 saturated carbocycles. The van der Waals surface area contributed by atoms with Crippen LogP contribution >= 0.6 is 27.7 Å². The Morgan fingerprint density at radius 1 is 1.33 bits per heavy atom. The average Bonchev–Trinajstić information content (AvgIpc) is 3.11. The highest BCUT2D eigenvalue weighted by Gasteiger charge is 2.16. The first-order valence-electron chi connectivity index (χ1n) is 7.60. The number of benzene rings is 2. The van der Waals surface area contributed by atoms with Crippen molar-refractivity contribution in [1.82, 2.24) is 14.8 Å². The van der Waals surface area contributed by atoms with Crippen molar-refractivity contribution in [2.45, 2.75) is 5.16 Å². The third-order valence-corrected chi connectivity index (χ3v) is 5.03. The Hall–Kier alpha value is -2.46. The Morgan fingerprint density at radius 3 is 2.85 bits per heavy atom. The molecule has 1 heterocycles. The number of nitrogens with one attached hydrogen (secondary N) is 1. The molecule has 0 spiro atoms. The minimum Gasteiger partial charge on any atom is -0.495 e. The van der Waals surface area contributed by atoms with Gasteiger partial charge >= 0.3 is 0 Å². The zero-order valence-corrected chi connectivity index (χ0v) is 16.4. The molecule has 1 amide bonds. The normalized spacial score (nSPS) is 10.7. The van der Waals surface area contributed by atoms with Gasteiger partial charge in [-0.2, -0.15) is 0 Å². The first-order chi connectivity index (χ1) is 13.0. The van der Waals surface area contributed by atoms with E-state index in [1.807, 2.05) is 18.2 Å². The summed E-state index contributed by atoms with van der Waals surface area (Å²) >= 11 is 4.15. The molecular weight excluding hydrogens is 442 g/mol. The van der Waals surface area contributed by atoms with E-state index in [9.17, 15) is 13.6 Å². The average molecular weight is 455 g/mol. The maximum Gasteiger partial charge on any atom is 0.234 e. The molecule has 0 saturated heterocycles. The minimum absolute atomic E-state index is 0.0445. The number of para-hydroxylation sites is 2. The Kier molecular flexibility index (Phi) is 6.07. The number of carbonyl (C=O) groups is 1. The van der Waals surface area contributed by atoms with E-state index in [0.29, 0.717) is 17.0 Å². The van der Waals surface area contributed by atoms with E-state index in [0.717, 1.165) is 23.5 Å². The summed E-state index contributed by atoms with van der Waals surface area (Å²) in [6.07, 6.45) is 1.51. The van der Waals surface area contributed by atoms with E-state index >= 15 is 0 Å². The van der Waals surface area contributed by atoms with Gasteiger partial charge in [-0.15, -0.1) is 10.2 Å². The Balaban J connectivity index is 1.72. The molecule has 0 fully saturated rings. The summed E-state index contributed by atoms with van der Waals surface area (Å²) in [5, 5.41) is 10.8. The van der Waals surface area contributed by atoms with Gasteiger partial charge in [0, 0.05) is 10.5 Å². The van der Waals surface area contributed by atoms with Crippen molar-refractivity contribution in [3.63, 3.8) is 0 Å². The SMILES string of the molecule is COc1ccccc1-n1cnnc1SCC(=O)Nc1c(F)cc(F)cc1Br. The van der Waals surface area contributed by atoms with E-state index < -0.39 is 17.5 Å². The first-order valence-corrected chi connectivity index (χ1v) is 9.38. The van der Waals surface area contributed by atoms with Crippen LogP contribution in [-0.2, 0) is 4.79 Å². The molecule has 0 unspecified atom stereocenters. The number of rotatable bonds is 6. The lowest BCUT2D eigenvalue weighted by atomic mass is 10.3. The summed E-state index contributed by atoms with van der Waals surface area (Å²) in [6, 6.07) is 9.08. The Morgan fingerprint density at radius 2 is 2.11 bits per heavy atom. The van der Waals surface area contributed by atoms with Crippen molar-refractivity contribution in [2.24, 2.45) is 0 Å². The van der Waals surface area contributed by atoms with Crippen molar-refractivity contribution in [2.75, 3.05) is 18.2 Å². The lowest BCUT2D eigenvalue weighted by Gasteiger charge is -2.11. The molecule has 1 aromatic heterocycles. The minimum atomic E-state index is -0.864. The number of amides is 1. The van der Waals surface area contributed by atoms with Crippen LogP contribution < -0.4 is 10.1 Å². The van der Waals surface area contributed by atoms with Gasteiger partial charge in [0.2, 0.25) is 5.91 Å². The highest BCUT2D eigenvalue weighted by molar-refractivity contribution is 9.10. The van der Waals surface area contributed by atoms with Gasteiger partial charge in [0.15, 0.2) is 11.0 Å². The molecule has 27 heavy (non-hydrogen) atoms. The van der Waals surface area contributed by atoms with Crippen molar-refractivity contribution in [1.29, 1.82) is 0 Å². The fourth-order valence-corrected chi connectivity index (χ4v) is 3.51. The molecular formula is C17H13BrF2N4O2S. The van der Waals surface area contributed by atoms with Gasteiger partial charge in [-0.3, -0.25) is 9.36 Å². The number of hydrogen-bond donors (Lipinski definition) is 1. The maximum absolute atomic E-state index is 13.8. The molecule has 3 rings (SSSR count). The number of carbonyl (C=O) groups excluding carboxylic acids is 1. The highest BCUT2D eigenvalue weighted by Crippen LogP contribution is 2.29. The molecule has 0 bridgehead atoms. The molecule has 0 aliphatic carbocycles. The number of anilines is 1. The Labute approximate surface area is 166 Å². The monoisotopic (exact) mass is 454 g/mol. The van der Waals surface area contributed by atoms with Crippen molar-refractivity contribution >= 4 is 39.3 Å². The number of nitrogens with zero attached hydrogens (tertiary/aromatic N) is 3. The van der Waals surface area contributed by atoms with E-state index in [1.54, 1.807) is 17.7 Å². The van der Waals surface area contributed by atoms with Gasteiger partial charge in [-0.1, -0.05) is 23.9 Å². The van der Waals surface area contributed by atoms with Crippen LogP contribution in [0.15, 0.2) is 52.4 Å². The number of aromatic nitrogens is 3.